The zero-order chi connectivity index (χ0) is 14.3. The summed E-state index contributed by atoms with van der Waals surface area (Å²) in [6.07, 6.45) is -3.41. The van der Waals surface area contributed by atoms with Crippen molar-refractivity contribution in [1.29, 1.82) is 0 Å². The quantitative estimate of drug-likeness (QED) is 0.514. The molecule has 1 aromatic carbocycles. The fourth-order valence-corrected chi connectivity index (χ4v) is 1.64. The maximum absolute atomic E-state index is 10.7. The van der Waals surface area contributed by atoms with Crippen LogP contribution in [0.4, 0.5) is 9.59 Å². The van der Waals surface area contributed by atoms with Crippen LogP contribution in [0.5, 0.6) is 0 Å². The molecule has 19 heavy (non-hydrogen) atoms. The first-order valence-corrected chi connectivity index (χ1v) is 5.67. The SMILES string of the molecule is O=C(O)NC[C@@H](O)[C@H](Cc1ccccc1)NC(=O)O. The molecular formula is C12H16N2O5. The molecule has 2 amide bonds. The molecule has 0 aromatic heterocycles. The second kappa shape index (κ2) is 7.22. The Morgan fingerprint density at radius 2 is 1.74 bits per heavy atom. The molecule has 0 spiro atoms. The Balaban J connectivity index is 2.65. The number of aliphatic hydroxyl groups excluding tert-OH is 1. The van der Waals surface area contributed by atoms with E-state index in [9.17, 15) is 14.7 Å². The molecule has 2 atom stereocenters. The predicted octanol–water partition coefficient (Wildman–Crippen LogP) is 0.494. The molecule has 0 aliphatic rings. The second-order valence-electron chi connectivity index (χ2n) is 4.00. The van der Waals surface area contributed by atoms with E-state index in [4.69, 9.17) is 10.2 Å². The van der Waals surface area contributed by atoms with Gasteiger partial charge in [-0.25, -0.2) is 9.59 Å². The average molecular weight is 268 g/mol. The summed E-state index contributed by atoms with van der Waals surface area (Å²) in [7, 11) is 0. The van der Waals surface area contributed by atoms with Crippen molar-refractivity contribution < 1.29 is 24.9 Å². The van der Waals surface area contributed by atoms with E-state index in [1.165, 1.54) is 0 Å². The van der Waals surface area contributed by atoms with Crippen LogP contribution in [0.2, 0.25) is 0 Å². The highest BCUT2D eigenvalue weighted by Crippen LogP contribution is 2.06. The summed E-state index contributed by atoms with van der Waals surface area (Å²) in [6.45, 7) is -0.243. The summed E-state index contributed by atoms with van der Waals surface area (Å²) in [5.74, 6) is 0. The van der Waals surface area contributed by atoms with E-state index in [0.29, 0.717) is 0 Å². The summed E-state index contributed by atoms with van der Waals surface area (Å²) in [6, 6.07) is 8.24. The van der Waals surface area contributed by atoms with Crippen molar-refractivity contribution in [1.82, 2.24) is 10.6 Å². The van der Waals surface area contributed by atoms with Crippen LogP contribution in [-0.4, -0.2) is 46.2 Å². The van der Waals surface area contributed by atoms with Gasteiger partial charge in [0.05, 0.1) is 12.1 Å². The third-order valence-electron chi connectivity index (χ3n) is 2.53. The Kier molecular flexibility index (Phi) is 5.62. The number of hydrogen-bond acceptors (Lipinski definition) is 3. The smallest absolute Gasteiger partial charge is 0.404 e. The van der Waals surface area contributed by atoms with Crippen molar-refractivity contribution in [2.75, 3.05) is 6.54 Å². The Bertz CT molecular complexity index is 423. The van der Waals surface area contributed by atoms with E-state index in [1.807, 2.05) is 11.4 Å². The molecule has 0 unspecified atom stereocenters. The topological polar surface area (TPSA) is 119 Å². The number of amides is 2. The maximum Gasteiger partial charge on any atom is 0.404 e. The summed E-state index contributed by atoms with van der Waals surface area (Å²) >= 11 is 0. The van der Waals surface area contributed by atoms with Crippen LogP contribution >= 0.6 is 0 Å². The molecule has 0 saturated carbocycles. The van der Waals surface area contributed by atoms with Gasteiger partial charge in [0.1, 0.15) is 0 Å². The van der Waals surface area contributed by atoms with E-state index in [-0.39, 0.29) is 13.0 Å². The van der Waals surface area contributed by atoms with Gasteiger partial charge in [0, 0.05) is 6.54 Å². The minimum atomic E-state index is -1.27. The molecule has 7 nitrogen and oxygen atoms in total. The van der Waals surface area contributed by atoms with Gasteiger partial charge in [-0.2, -0.15) is 0 Å². The molecule has 0 aliphatic heterocycles. The molecule has 0 bridgehead atoms. The highest BCUT2D eigenvalue weighted by atomic mass is 16.4. The summed E-state index contributed by atoms with van der Waals surface area (Å²) in [5, 5.41) is 31.2. The van der Waals surface area contributed by atoms with Gasteiger partial charge in [-0.3, -0.25) is 0 Å². The molecule has 1 rings (SSSR count). The number of aliphatic hydroxyl groups is 1. The van der Waals surface area contributed by atoms with Gasteiger partial charge in [0.15, 0.2) is 0 Å². The van der Waals surface area contributed by atoms with Crippen LogP contribution in [0.1, 0.15) is 5.56 Å². The lowest BCUT2D eigenvalue weighted by atomic mass is 10.0. The molecular weight excluding hydrogens is 252 g/mol. The second-order valence-corrected chi connectivity index (χ2v) is 4.00. The molecule has 104 valence electrons. The lowest BCUT2D eigenvalue weighted by Crippen LogP contribution is -2.49. The van der Waals surface area contributed by atoms with Crippen LogP contribution in [-0.2, 0) is 6.42 Å². The largest absolute Gasteiger partial charge is 0.465 e. The lowest BCUT2D eigenvalue weighted by Gasteiger charge is -2.22. The Morgan fingerprint density at radius 3 is 2.26 bits per heavy atom. The Labute approximate surface area is 109 Å². The maximum atomic E-state index is 10.7. The first kappa shape index (κ1) is 14.8. The van der Waals surface area contributed by atoms with Crippen molar-refractivity contribution in [3.05, 3.63) is 35.9 Å². The van der Waals surface area contributed by atoms with Gasteiger partial charge in [0.25, 0.3) is 0 Å². The third kappa shape index (κ3) is 5.73. The predicted molar refractivity (Wildman–Crippen MR) is 67.1 cm³/mol. The summed E-state index contributed by atoms with van der Waals surface area (Å²) in [4.78, 5) is 21.0. The standard InChI is InChI=1S/C12H16N2O5/c15-10(7-13-11(16)17)9(14-12(18)19)6-8-4-2-1-3-5-8/h1-5,9-10,13-15H,6-7H2,(H,16,17)(H,18,19)/t9-,10+/m0/s1. The van der Waals surface area contributed by atoms with Crippen LogP contribution < -0.4 is 10.6 Å². The normalized spacial score (nSPS) is 13.3. The van der Waals surface area contributed by atoms with Crippen molar-refractivity contribution in [3.8, 4) is 0 Å². The molecule has 0 fully saturated rings. The number of hydrogen-bond donors (Lipinski definition) is 5. The van der Waals surface area contributed by atoms with Crippen LogP contribution in [0, 0.1) is 0 Å². The minimum Gasteiger partial charge on any atom is -0.465 e. The van der Waals surface area contributed by atoms with Crippen LogP contribution in [0.25, 0.3) is 0 Å². The highest BCUT2D eigenvalue weighted by molar-refractivity contribution is 5.65. The average Bonchev–Trinajstić information content (AvgIpc) is 2.36. The zero-order valence-corrected chi connectivity index (χ0v) is 10.1. The molecule has 0 aliphatic carbocycles. The summed E-state index contributed by atoms with van der Waals surface area (Å²) < 4.78 is 0. The van der Waals surface area contributed by atoms with Gasteiger partial charge < -0.3 is 26.0 Å². The first-order valence-electron chi connectivity index (χ1n) is 5.67. The Hall–Kier alpha value is -2.28. The van der Waals surface area contributed by atoms with Gasteiger partial charge in [-0.15, -0.1) is 0 Å². The van der Waals surface area contributed by atoms with Crippen molar-refractivity contribution in [2.45, 2.75) is 18.6 Å². The molecule has 0 radical (unpaired) electrons. The fraction of sp³-hybridized carbons (Fsp3) is 0.333. The minimum absolute atomic E-state index is 0.243. The number of carboxylic acid groups (broad SMARTS) is 2. The number of benzene rings is 1. The Morgan fingerprint density at radius 1 is 1.11 bits per heavy atom. The monoisotopic (exact) mass is 268 g/mol. The van der Waals surface area contributed by atoms with Crippen molar-refractivity contribution in [2.24, 2.45) is 0 Å². The van der Waals surface area contributed by atoms with Gasteiger partial charge >= 0.3 is 12.2 Å². The van der Waals surface area contributed by atoms with E-state index in [1.54, 1.807) is 24.3 Å². The molecule has 0 saturated heterocycles. The molecule has 7 heteroatoms. The third-order valence-corrected chi connectivity index (χ3v) is 2.53. The van der Waals surface area contributed by atoms with E-state index in [2.05, 4.69) is 5.32 Å². The van der Waals surface area contributed by atoms with Gasteiger partial charge in [-0.1, -0.05) is 30.3 Å². The summed E-state index contributed by atoms with van der Waals surface area (Å²) in [5.41, 5.74) is 0.843. The van der Waals surface area contributed by atoms with Crippen molar-refractivity contribution >= 4 is 12.2 Å². The number of carbonyl (C=O) groups is 2. The fourth-order valence-electron chi connectivity index (χ4n) is 1.64. The zero-order valence-electron chi connectivity index (χ0n) is 10.1. The van der Waals surface area contributed by atoms with E-state index >= 15 is 0 Å². The molecule has 0 heterocycles. The van der Waals surface area contributed by atoms with E-state index < -0.39 is 24.3 Å². The molecule has 1 aromatic rings. The number of rotatable bonds is 6. The van der Waals surface area contributed by atoms with Crippen LogP contribution in [0.15, 0.2) is 30.3 Å². The van der Waals surface area contributed by atoms with E-state index in [0.717, 1.165) is 5.56 Å². The highest BCUT2D eigenvalue weighted by Gasteiger charge is 2.22. The van der Waals surface area contributed by atoms with Gasteiger partial charge in [-0.05, 0) is 12.0 Å². The first-order chi connectivity index (χ1) is 8.99. The lowest BCUT2D eigenvalue weighted by molar-refractivity contribution is 0.115. The van der Waals surface area contributed by atoms with Crippen LogP contribution in [0.3, 0.4) is 0 Å². The molecule has 5 N–H and O–H groups in total. The van der Waals surface area contributed by atoms with Gasteiger partial charge in [0.2, 0.25) is 0 Å². The number of nitrogens with one attached hydrogen (secondary N) is 2. The van der Waals surface area contributed by atoms with Crippen molar-refractivity contribution in [3.63, 3.8) is 0 Å².